The number of pyridine rings is 1. The van der Waals surface area contributed by atoms with Gasteiger partial charge in [-0.1, -0.05) is 24.3 Å². The van der Waals surface area contributed by atoms with E-state index in [4.69, 9.17) is 9.47 Å². The van der Waals surface area contributed by atoms with Gasteiger partial charge in [-0.15, -0.1) is 0 Å². The first-order valence-corrected chi connectivity index (χ1v) is 9.19. The molecule has 0 saturated heterocycles. The van der Waals surface area contributed by atoms with Crippen LogP contribution >= 0.6 is 0 Å². The minimum absolute atomic E-state index is 0.0660. The molecule has 0 fully saturated rings. The predicted octanol–water partition coefficient (Wildman–Crippen LogP) is 2.84. The molecule has 2 aromatic carbocycles. The predicted molar refractivity (Wildman–Crippen MR) is 109 cm³/mol. The second-order valence-corrected chi connectivity index (χ2v) is 6.53. The van der Waals surface area contributed by atoms with Crippen LogP contribution in [0, 0.1) is 0 Å². The summed E-state index contributed by atoms with van der Waals surface area (Å²) in [5.74, 6) is 1.23. The first-order valence-electron chi connectivity index (χ1n) is 9.19. The van der Waals surface area contributed by atoms with Gasteiger partial charge in [0.2, 0.25) is 5.91 Å². The summed E-state index contributed by atoms with van der Waals surface area (Å²) in [5.41, 5.74) is 2.12. The van der Waals surface area contributed by atoms with Gasteiger partial charge in [0.25, 0.3) is 5.56 Å². The third-order valence-corrected chi connectivity index (χ3v) is 4.59. The maximum absolute atomic E-state index is 12.2. The molecule has 0 bridgehead atoms. The zero-order valence-electron chi connectivity index (χ0n) is 16.1. The summed E-state index contributed by atoms with van der Waals surface area (Å²) >= 11 is 0. The number of hydrogen-bond acceptors (Lipinski definition) is 4. The molecular formula is C22H24N2O4. The Bertz CT molecular complexity index is 1030. The average Bonchev–Trinajstić information content (AvgIpc) is 2.71. The number of hydrogen-bond donors (Lipinski definition) is 2. The first kappa shape index (κ1) is 19.5. The van der Waals surface area contributed by atoms with Gasteiger partial charge in [0.1, 0.15) is 0 Å². The number of carbonyl (C=O) groups is 1. The second kappa shape index (κ2) is 9.08. The maximum atomic E-state index is 12.2. The van der Waals surface area contributed by atoms with Crippen LogP contribution in [0.2, 0.25) is 0 Å². The Hall–Kier alpha value is -3.28. The molecule has 0 aliphatic rings. The van der Waals surface area contributed by atoms with Crippen LogP contribution in [0.15, 0.2) is 53.3 Å². The van der Waals surface area contributed by atoms with E-state index in [1.165, 1.54) is 0 Å². The summed E-state index contributed by atoms with van der Waals surface area (Å²) in [7, 11) is 3.21. The van der Waals surface area contributed by atoms with Crippen molar-refractivity contribution >= 4 is 16.8 Å². The molecule has 2 N–H and O–H groups in total. The molecule has 146 valence electrons. The van der Waals surface area contributed by atoms with E-state index in [1.807, 2.05) is 42.5 Å². The Morgan fingerprint density at radius 1 is 1.04 bits per heavy atom. The first-order chi connectivity index (χ1) is 13.6. The number of para-hydroxylation sites is 1. The van der Waals surface area contributed by atoms with Crippen LogP contribution < -0.4 is 20.3 Å². The van der Waals surface area contributed by atoms with Gasteiger partial charge in [-0.05, 0) is 48.1 Å². The van der Waals surface area contributed by atoms with Crippen molar-refractivity contribution in [1.29, 1.82) is 0 Å². The van der Waals surface area contributed by atoms with Gasteiger partial charge in [-0.2, -0.15) is 0 Å². The van der Waals surface area contributed by atoms with Crippen molar-refractivity contribution in [3.05, 3.63) is 70.0 Å². The van der Waals surface area contributed by atoms with Crippen LogP contribution in [0.5, 0.6) is 11.5 Å². The molecule has 0 radical (unpaired) electrons. The van der Waals surface area contributed by atoms with Gasteiger partial charge in [0.05, 0.1) is 20.6 Å². The van der Waals surface area contributed by atoms with Crippen molar-refractivity contribution in [3.63, 3.8) is 0 Å². The number of aromatic nitrogens is 1. The van der Waals surface area contributed by atoms with E-state index in [2.05, 4.69) is 10.3 Å². The number of nitrogens with one attached hydrogen (secondary N) is 2. The summed E-state index contributed by atoms with van der Waals surface area (Å²) in [6.07, 6.45) is 1.66. The van der Waals surface area contributed by atoms with Gasteiger partial charge >= 0.3 is 0 Å². The lowest BCUT2D eigenvalue weighted by Crippen LogP contribution is -2.28. The van der Waals surface area contributed by atoms with E-state index in [-0.39, 0.29) is 17.9 Å². The maximum Gasteiger partial charge on any atom is 0.252 e. The molecule has 1 aromatic heterocycles. The summed E-state index contributed by atoms with van der Waals surface area (Å²) in [6, 6.07) is 15.1. The average molecular weight is 380 g/mol. The number of carbonyl (C=O) groups excluding carboxylic acids is 1. The number of benzene rings is 2. The minimum Gasteiger partial charge on any atom is -0.493 e. The molecule has 3 rings (SSSR count). The molecule has 0 aliphatic heterocycles. The van der Waals surface area contributed by atoms with Gasteiger partial charge in [-0.3, -0.25) is 9.59 Å². The number of rotatable bonds is 8. The smallest absolute Gasteiger partial charge is 0.252 e. The van der Waals surface area contributed by atoms with Crippen LogP contribution in [0.3, 0.4) is 0 Å². The van der Waals surface area contributed by atoms with Gasteiger partial charge in [-0.25, -0.2) is 0 Å². The van der Waals surface area contributed by atoms with E-state index in [0.29, 0.717) is 23.6 Å². The lowest BCUT2D eigenvalue weighted by molar-refractivity contribution is -0.120. The molecule has 0 unspecified atom stereocenters. The highest BCUT2D eigenvalue weighted by Gasteiger charge is 2.09. The number of aromatic amines is 1. The molecule has 28 heavy (non-hydrogen) atoms. The second-order valence-electron chi connectivity index (χ2n) is 6.53. The topological polar surface area (TPSA) is 80.4 Å². The Morgan fingerprint density at radius 3 is 2.61 bits per heavy atom. The highest BCUT2D eigenvalue weighted by molar-refractivity contribution is 5.82. The van der Waals surface area contributed by atoms with Crippen molar-refractivity contribution < 1.29 is 14.3 Å². The molecule has 1 amide bonds. The minimum atomic E-state index is -0.223. The lowest BCUT2D eigenvalue weighted by atomic mass is 10.1. The fourth-order valence-electron chi connectivity index (χ4n) is 3.12. The third kappa shape index (κ3) is 4.71. The summed E-state index contributed by atoms with van der Waals surface area (Å²) in [4.78, 5) is 27.1. The Labute approximate surface area is 163 Å². The van der Waals surface area contributed by atoms with Crippen molar-refractivity contribution in [1.82, 2.24) is 10.3 Å². The molecule has 3 aromatic rings. The number of H-pyrrole nitrogens is 1. The van der Waals surface area contributed by atoms with E-state index in [9.17, 15) is 9.59 Å². The Balaban J connectivity index is 1.51. The van der Waals surface area contributed by atoms with E-state index < -0.39 is 0 Å². The van der Waals surface area contributed by atoms with Crippen LogP contribution in [0.25, 0.3) is 10.9 Å². The number of fused-ring (bicyclic) bond motifs is 1. The molecule has 1 heterocycles. The zero-order chi connectivity index (χ0) is 19.9. The number of methoxy groups -OCH3 is 2. The van der Waals surface area contributed by atoms with Crippen LogP contribution in [0.1, 0.15) is 17.5 Å². The van der Waals surface area contributed by atoms with Gasteiger partial charge < -0.3 is 19.8 Å². The summed E-state index contributed by atoms with van der Waals surface area (Å²) in [6.45, 7) is 0.540. The number of ether oxygens (including phenoxy) is 2. The standard InChI is InChI=1S/C22H24N2O4/c1-27-19-10-9-15(12-20(19)28-2)6-5-11-23-21(25)14-17-13-16-7-3-4-8-18(16)24-22(17)26/h3-4,7-10,12-13H,5-6,11,14H2,1-2H3,(H,23,25)(H,24,26). The van der Waals surface area contributed by atoms with Crippen LogP contribution in [-0.4, -0.2) is 31.7 Å². The molecule has 0 spiro atoms. The fourth-order valence-corrected chi connectivity index (χ4v) is 3.12. The fraction of sp³-hybridized carbons (Fsp3) is 0.273. The zero-order valence-corrected chi connectivity index (χ0v) is 16.1. The van der Waals surface area contributed by atoms with Crippen molar-refractivity contribution in [2.45, 2.75) is 19.3 Å². The molecule has 0 atom stereocenters. The highest BCUT2D eigenvalue weighted by Crippen LogP contribution is 2.27. The third-order valence-electron chi connectivity index (χ3n) is 4.59. The molecule has 0 aliphatic carbocycles. The molecular weight excluding hydrogens is 356 g/mol. The number of aryl methyl sites for hydroxylation is 1. The molecule has 0 saturated carbocycles. The largest absolute Gasteiger partial charge is 0.493 e. The molecule has 6 nitrogen and oxygen atoms in total. The lowest BCUT2D eigenvalue weighted by Gasteiger charge is -2.10. The van der Waals surface area contributed by atoms with Gasteiger partial charge in [0.15, 0.2) is 11.5 Å². The summed E-state index contributed by atoms with van der Waals surface area (Å²) in [5, 5.41) is 3.80. The monoisotopic (exact) mass is 380 g/mol. The van der Waals surface area contributed by atoms with E-state index >= 15 is 0 Å². The Morgan fingerprint density at radius 2 is 1.82 bits per heavy atom. The SMILES string of the molecule is COc1ccc(CCCNC(=O)Cc2cc3ccccc3[nH]c2=O)cc1OC. The van der Waals surface area contributed by atoms with E-state index in [0.717, 1.165) is 29.3 Å². The van der Waals surface area contributed by atoms with Crippen molar-refractivity contribution in [2.24, 2.45) is 0 Å². The summed E-state index contributed by atoms with van der Waals surface area (Å²) < 4.78 is 10.5. The van der Waals surface area contributed by atoms with E-state index in [1.54, 1.807) is 20.3 Å². The van der Waals surface area contributed by atoms with Gasteiger partial charge in [0, 0.05) is 17.6 Å². The molecule has 6 heteroatoms. The highest BCUT2D eigenvalue weighted by atomic mass is 16.5. The number of amides is 1. The van der Waals surface area contributed by atoms with Crippen molar-refractivity contribution in [3.8, 4) is 11.5 Å². The normalized spacial score (nSPS) is 10.6. The Kier molecular flexibility index (Phi) is 6.32. The van der Waals surface area contributed by atoms with Crippen LogP contribution in [0.4, 0.5) is 0 Å². The quantitative estimate of drug-likeness (QED) is 0.589. The van der Waals surface area contributed by atoms with Crippen LogP contribution in [-0.2, 0) is 17.6 Å². The van der Waals surface area contributed by atoms with Crippen molar-refractivity contribution in [2.75, 3.05) is 20.8 Å².